The molecule has 3 aromatic rings. The fraction of sp³-hybridized carbons (Fsp3) is 0.238. The van der Waals surface area contributed by atoms with Gasteiger partial charge in [0, 0.05) is 24.1 Å². The van der Waals surface area contributed by atoms with Gasteiger partial charge in [0.2, 0.25) is 0 Å². The summed E-state index contributed by atoms with van der Waals surface area (Å²) in [5, 5.41) is 7.17. The van der Waals surface area contributed by atoms with Gasteiger partial charge in [-0.25, -0.2) is 17.5 Å². The lowest BCUT2D eigenvalue weighted by atomic mass is 10.1. The Labute approximate surface area is 169 Å². The van der Waals surface area contributed by atoms with Crippen LogP contribution < -0.4 is 5.32 Å². The van der Waals surface area contributed by atoms with E-state index in [0.717, 1.165) is 11.1 Å². The van der Waals surface area contributed by atoms with Crippen LogP contribution in [0, 0.1) is 12.7 Å². The number of nitrogens with zero attached hydrogens (tertiary/aromatic N) is 2. The van der Waals surface area contributed by atoms with Gasteiger partial charge in [-0.05, 0) is 31.2 Å². The molecule has 0 spiro atoms. The number of carbonyl (C=O) groups excluding carboxylic acids is 1. The van der Waals surface area contributed by atoms with E-state index in [1.54, 1.807) is 25.3 Å². The van der Waals surface area contributed by atoms with Crippen LogP contribution in [0.5, 0.6) is 0 Å². The molecule has 6 nitrogen and oxygen atoms in total. The van der Waals surface area contributed by atoms with Crippen molar-refractivity contribution in [2.45, 2.75) is 13.8 Å². The van der Waals surface area contributed by atoms with Gasteiger partial charge in [-0.15, -0.1) is 0 Å². The standard InChI is InChI=1S/C21H22FN3O3S/c1-3-29(27,28)13-12-23-21(26)19-14-25(18-10-8-17(22)9-11-18)24-20(19)16-6-4-15(2)5-7-16/h4-11,14H,3,12-13H2,1-2H3,(H,23,26). The first-order valence-electron chi connectivity index (χ1n) is 9.20. The SMILES string of the molecule is CCS(=O)(=O)CCNC(=O)c1cn(-c2ccc(F)cc2)nc1-c1ccc(C)cc1. The van der Waals surface area contributed by atoms with Gasteiger partial charge in [0.15, 0.2) is 9.84 Å². The molecular weight excluding hydrogens is 393 g/mol. The molecular formula is C21H22FN3O3S. The summed E-state index contributed by atoms with van der Waals surface area (Å²) >= 11 is 0. The Morgan fingerprint density at radius 2 is 1.76 bits per heavy atom. The molecule has 0 aliphatic rings. The third-order valence-electron chi connectivity index (χ3n) is 4.51. The number of rotatable bonds is 7. The topological polar surface area (TPSA) is 81.1 Å². The molecule has 0 atom stereocenters. The number of benzene rings is 2. The minimum absolute atomic E-state index is 0.0179. The van der Waals surface area contributed by atoms with Gasteiger partial charge in [0.05, 0.1) is 17.0 Å². The van der Waals surface area contributed by atoms with E-state index in [1.165, 1.54) is 16.8 Å². The molecule has 1 amide bonds. The average molecular weight is 415 g/mol. The van der Waals surface area contributed by atoms with Crippen molar-refractivity contribution >= 4 is 15.7 Å². The summed E-state index contributed by atoms with van der Waals surface area (Å²) in [7, 11) is -3.18. The Kier molecular flexibility index (Phi) is 6.12. The number of aryl methyl sites for hydroxylation is 1. The van der Waals surface area contributed by atoms with Gasteiger partial charge in [-0.2, -0.15) is 5.10 Å². The van der Waals surface area contributed by atoms with Crippen molar-refractivity contribution in [1.29, 1.82) is 0 Å². The van der Waals surface area contributed by atoms with Gasteiger partial charge < -0.3 is 5.32 Å². The van der Waals surface area contributed by atoms with Crippen LogP contribution >= 0.6 is 0 Å². The minimum atomic E-state index is -3.18. The molecule has 1 heterocycles. The van der Waals surface area contributed by atoms with Crippen LogP contribution in [0.2, 0.25) is 0 Å². The number of aromatic nitrogens is 2. The van der Waals surface area contributed by atoms with E-state index < -0.39 is 15.7 Å². The molecule has 0 radical (unpaired) electrons. The van der Waals surface area contributed by atoms with Crippen LogP contribution in [-0.4, -0.2) is 42.2 Å². The molecule has 152 valence electrons. The van der Waals surface area contributed by atoms with Gasteiger partial charge in [0.25, 0.3) is 5.91 Å². The number of carbonyl (C=O) groups is 1. The predicted octanol–water partition coefficient (Wildman–Crippen LogP) is 3.15. The van der Waals surface area contributed by atoms with Crippen LogP contribution in [0.15, 0.2) is 54.7 Å². The fourth-order valence-electron chi connectivity index (χ4n) is 2.75. The normalized spacial score (nSPS) is 11.4. The fourth-order valence-corrected chi connectivity index (χ4v) is 3.45. The van der Waals surface area contributed by atoms with E-state index in [-0.39, 0.29) is 23.9 Å². The molecule has 0 aliphatic carbocycles. The number of nitrogens with one attached hydrogen (secondary N) is 1. The van der Waals surface area contributed by atoms with Crippen molar-refractivity contribution in [3.8, 4) is 16.9 Å². The maximum Gasteiger partial charge on any atom is 0.255 e. The molecule has 0 aliphatic heterocycles. The maximum atomic E-state index is 13.2. The Morgan fingerprint density at radius 3 is 2.38 bits per heavy atom. The highest BCUT2D eigenvalue weighted by atomic mass is 32.2. The predicted molar refractivity (Wildman–Crippen MR) is 110 cm³/mol. The average Bonchev–Trinajstić information content (AvgIpc) is 3.14. The number of hydrogen-bond acceptors (Lipinski definition) is 4. The first-order chi connectivity index (χ1) is 13.8. The molecule has 3 rings (SSSR count). The summed E-state index contributed by atoms with van der Waals surface area (Å²) in [5.74, 6) is -0.878. The molecule has 29 heavy (non-hydrogen) atoms. The second-order valence-corrected chi connectivity index (χ2v) is 9.14. The molecule has 8 heteroatoms. The number of halogens is 1. The van der Waals surface area contributed by atoms with E-state index >= 15 is 0 Å². The van der Waals surface area contributed by atoms with Gasteiger partial charge in [-0.1, -0.05) is 36.8 Å². The zero-order chi connectivity index (χ0) is 21.0. The van der Waals surface area contributed by atoms with Crippen LogP contribution in [0.4, 0.5) is 4.39 Å². The van der Waals surface area contributed by atoms with Crippen molar-refractivity contribution in [2.24, 2.45) is 0 Å². The highest BCUT2D eigenvalue weighted by Crippen LogP contribution is 2.24. The summed E-state index contributed by atoms with van der Waals surface area (Å²) < 4.78 is 38.1. The largest absolute Gasteiger partial charge is 0.351 e. The quantitative estimate of drug-likeness (QED) is 0.643. The molecule has 1 N–H and O–H groups in total. The first-order valence-corrected chi connectivity index (χ1v) is 11.0. The summed E-state index contributed by atoms with van der Waals surface area (Å²) in [6, 6.07) is 13.3. The van der Waals surface area contributed by atoms with Gasteiger partial charge in [-0.3, -0.25) is 4.79 Å². The van der Waals surface area contributed by atoms with E-state index in [0.29, 0.717) is 16.9 Å². The van der Waals surface area contributed by atoms with Gasteiger partial charge in [0.1, 0.15) is 11.5 Å². The maximum absolute atomic E-state index is 13.2. The molecule has 0 unspecified atom stereocenters. The van der Waals surface area contributed by atoms with E-state index in [4.69, 9.17) is 0 Å². The van der Waals surface area contributed by atoms with Crippen molar-refractivity contribution in [3.05, 3.63) is 71.7 Å². The molecule has 1 aromatic heterocycles. The lowest BCUT2D eigenvalue weighted by molar-refractivity contribution is 0.0956. The van der Waals surface area contributed by atoms with Crippen molar-refractivity contribution in [3.63, 3.8) is 0 Å². The Bertz CT molecular complexity index is 1110. The Balaban J connectivity index is 1.94. The Hall–Kier alpha value is -3.00. The second kappa shape index (κ2) is 8.57. The van der Waals surface area contributed by atoms with E-state index in [2.05, 4.69) is 10.4 Å². The highest BCUT2D eigenvalue weighted by molar-refractivity contribution is 7.91. The van der Waals surface area contributed by atoms with Crippen molar-refractivity contribution < 1.29 is 17.6 Å². The van der Waals surface area contributed by atoms with Crippen LogP contribution in [-0.2, 0) is 9.84 Å². The van der Waals surface area contributed by atoms with E-state index in [1.807, 2.05) is 31.2 Å². The lowest BCUT2D eigenvalue weighted by Crippen LogP contribution is -2.29. The van der Waals surface area contributed by atoms with E-state index in [9.17, 15) is 17.6 Å². The number of hydrogen-bond donors (Lipinski definition) is 1. The Morgan fingerprint density at radius 1 is 1.10 bits per heavy atom. The first kappa shape index (κ1) is 20.7. The minimum Gasteiger partial charge on any atom is -0.351 e. The monoisotopic (exact) mass is 415 g/mol. The third kappa shape index (κ3) is 5.08. The summed E-state index contributed by atoms with van der Waals surface area (Å²) in [5.41, 5.74) is 3.20. The summed E-state index contributed by atoms with van der Waals surface area (Å²) in [4.78, 5) is 12.8. The molecule has 2 aromatic carbocycles. The molecule has 0 fully saturated rings. The molecule has 0 saturated heterocycles. The smallest absolute Gasteiger partial charge is 0.255 e. The van der Waals surface area contributed by atoms with Crippen LogP contribution in [0.1, 0.15) is 22.8 Å². The number of sulfone groups is 1. The number of amides is 1. The summed E-state index contributed by atoms with van der Waals surface area (Å²) in [6.07, 6.45) is 1.56. The zero-order valence-electron chi connectivity index (χ0n) is 16.2. The second-order valence-electron chi connectivity index (χ2n) is 6.67. The molecule has 0 saturated carbocycles. The van der Waals surface area contributed by atoms with Gasteiger partial charge >= 0.3 is 0 Å². The lowest BCUT2D eigenvalue weighted by Gasteiger charge is -2.06. The third-order valence-corrected chi connectivity index (χ3v) is 6.22. The van der Waals surface area contributed by atoms with Crippen molar-refractivity contribution in [1.82, 2.24) is 15.1 Å². The van der Waals surface area contributed by atoms with Crippen LogP contribution in [0.25, 0.3) is 16.9 Å². The molecule has 0 bridgehead atoms. The van der Waals surface area contributed by atoms with Crippen molar-refractivity contribution in [2.75, 3.05) is 18.1 Å². The highest BCUT2D eigenvalue weighted by Gasteiger charge is 2.19. The zero-order valence-corrected chi connectivity index (χ0v) is 17.0. The van der Waals surface area contributed by atoms with Crippen LogP contribution in [0.3, 0.4) is 0 Å². The summed E-state index contributed by atoms with van der Waals surface area (Å²) in [6.45, 7) is 3.55.